The molecule has 3 aromatic carbocycles. The fourth-order valence-electron chi connectivity index (χ4n) is 2.85. The van der Waals surface area contributed by atoms with Crippen LogP contribution in [-0.4, -0.2) is 12.6 Å². The zero-order valence-corrected chi connectivity index (χ0v) is 16.0. The minimum absolute atomic E-state index is 0.323. The van der Waals surface area contributed by atoms with Gasteiger partial charge in [-0.2, -0.15) is 0 Å². The van der Waals surface area contributed by atoms with Crippen LogP contribution in [0.3, 0.4) is 0 Å². The lowest BCUT2D eigenvalue weighted by Gasteiger charge is -2.12. The summed E-state index contributed by atoms with van der Waals surface area (Å²) < 4.78 is 10.9. The predicted octanol–water partition coefficient (Wildman–Crippen LogP) is 5.43. The fraction of sp³-hybridized carbons (Fsp3) is 0.160. The second-order valence-corrected chi connectivity index (χ2v) is 6.39. The number of rotatable bonds is 8. The summed E-state index contributed by atoms with van der Waals surface area (Å²) in [6, 6.07) is 26.4. The molecule has 0 N–H and O–H groups in total. The van der Waals surface area contributed by atoms with Gasteiger partial charge in [-0.25, -0.2) is 4.79 Å². The van der Waals surface area contributed by atoms with Crippen LogP contribution in [0.2, 0.25) is 0 Å². The van der Waals surface area contributed by atoms with Crippen molar-refractivity contribution in [3.63, 3.8) is 0 Å². The van der Waals surface area contributed by atoms with E-state index in [1.807, 2.05) is 48.5 Å². The summed E-state index contributed by atoms with van der Waals surface area (Å²) in [5.41, 5.74) is 4.44. The molecule has 0 aromatic heterocycles. The van der Waals surface area contributed by atoms with Crippen molar-refractivity contribution >= 4 is 12.0 Å². The van der Waals surface area contributed by atoms with Crippen molar-refractivity contribution in [2.24, 2.45) is 0 Å². The Hall–Kier alpha value is -3.33. The lowest BCUT2D eigenvalue weighted by atomic mass is 10.0. The standard InChI is InChI=1S/C25H24O3/c1-2-27-25(26)17-16-20-12-14-21(15-13-20)18-23-10-6-7-11-24(23)28-19-22-8-4-3-5-9-22/h3-17H,2,18-19H2,1H3/b17-16+. The van der Waals surface area contributed by atoms with Gasteiger partial charge in [0.25, 0.3) is 0 Å². The summed E-state index contributed by atoms with van der Waals surface area (Å²) >= 11 is 0. The summed E-state index contributed by atoms with van der Waals surface area (Å²) in [5, 5.41) is 0. The first kappa shape index (κ1) is 19.4. The number of ether oxygens (including phenoxy) is 2. The van der Waals surface area contributed by atoms with Gasteiger partial charge in [0.1, 0.15) is 12.4 Å². The van der Waals surface area contributed by atoms with Crippen molar-refractivity contribution in [2.45, 2.75) is 20.0 Å². The van der Waals surface area contributed by atoms with Crippen LogP contribution in [0.25, 0.3) is 6.08 Å². The molecule has 0 spiro atoms. The summed E-state index contributed by atoms with van der Waals surface area (Å²) in [6.07, 6.45) is 4.00. The Morgan fingerprint density at radius 2 is 1.57 bits per heavy atom. The molecule has 0 atom stereocenters. The van der Waals surface area contributed by atoms with Gasteiger partial charge in [0.2, 0.25) is 0 Å². The predicted molar refractivity (Wildman–Crippen MR) is 112 cm³/mol. The monoisotopic (exact) mass is 372 g/mol. The average Bonchev–Trinajstić information content (AvgIpc) is 2.74. The number of hydrogen-bond acceptors (Lipinski definition) is 3. The first-order valence-corrected chi connectivity index (χ1v) is 9.43. The Bertz CT molecular complexity index is 912. The molecular weight excluding hydrogens is 348 g/mol. The highest BCUT2D eigenvalue weighted by Gasteiger charge is 2.05. The Labute approximate surface area is 166 Å². The van der Waals surface area contributed by atoms with Crippen LogP contribution in [0.4, 0.5) is 0 Å². The molecule has 0 bridgehead atoms. The van der Waals surface area contributed by atoms with Crippen LogP contribution in [0.1, 0.15) is 29.2 Å². The molecule has 3 nitrogen and oxygen atoms in total. The highest BCUT2D eigenvalue weighted by atomic mass is 16.5. The second kappa shape index (κ2) is 10.1. The number of carbonyl (C=O) groups is 1. The van der Waals surface area contributed by atoms with Crippen LogP contribution in [0.15, 0.2) is 84.9 Å². The highest BCUT2D eigenvalue weighted by molar-refractivity contribution is 5.87. The van der Waals surface area contributed by atoms with Gasteiger partial charge in [-0.05, 0) is 41.3 Å². The van der Waals surface area contributed by atoms with Gasteiger partial charge in [-0.15, -0.1) is 0 Å². The molecule has 0 radical (unpaired) electrons. The van der Waals surface area contributed by atoms with Crippen molar-refractivity contribution in [1.82, 2.24) is 0 Å². The molecule has 0 unspecified atom stereocenters. The Morgan fingerprint density at radius 3 is 2.32 bits per heavy atom. The number of carbonyl (C=O) groups excluding carboxylic acids is 1. The van der Waals surface area contributed by atoms with E-state index >= 15 is 0 Å². The molecular formula is C25H24O3. The van der Waals surface area contributed by atoms with Gasteiger partial charge in [-0.1, -0.05) is 72.8 Å². The van der Waals surface area contributed by atoms with Crippen molar-refractivity contribution < 1.29 is 14.3 Å². The van der Waals surface area contributed by atoms with E-state index in [1.165, 1.54) is 11.6 Å². The van der Waals surface area contributed by atoms with E-state index in [2.05, 4.69) is 30.3 Å². The maximum atomic E-state index is 11.4. The quantitative estimate of drug-likeness (QED) is 0.390. The summed E-state index contributed by atoms with van der Waals surface area (Å²) in [5.74, 6) is 0.578. The third-order valence-electron chi connectivity index (χ3n) is 4.28. The van der Waals surface area contributed by atoms with E-state index in [9.17, 15) is 4.79 Å². The maximum Gasteiger partial charge on any atom is 0.330 e. The van der Waals surface area contributed by atoms with Gasteiger partial charge in [0.05, 0.1) is 6.61 Å². The minimum Gasteiger partial charge on any atom is -0.489 e. The van der Waals surface area contributed by atoms with E-state index in [0.717, 1.165) is 28.9 Å². The Balaban J connectivity index is 1.64. The second-order valence-electron chi connectivity index (χ2n) is 6.39. The minimum atomic E-state index is -0.323. The number of esters is 1. The van der Waals surface area contributed by atoms with Gasteiger partial charge in [0, 0.05) is 12.5 Å². The van der Waals surface area contributed by atoms with E-state index in [-0.39, 0.29) is 5.97 Å². The average molecular weight is 372 g/mol. The molecule has 0 aliphatic carbocycles. The first-order valence-electron chi connectivity index (χ1n) is 9.43. The van der Waals surface area contributed by atoms with Crippen molar-refractivity contribution in [1.29, 1.82) is 0 Å². The Kier molecular flexibility index (Phi) is 7.02. The topological polar surface area (TPSA) is 35.5 Å². The van der Waals surface area contributed by atoms with Gasteiger partial charge in [0.15, 0.2) is 0 Å². The van der Waals surface area contributed by atoms with Gasteiger partial charge in [-0.3, -0.25) is 0 Å². The van der Waals surface area contributed by atoms with Crippen LogP contribution >= 0.6 is 0 Å². The van der Waals surface area contributed by atoms with E-state index < -0.39 is 0 Å². The zero-order valence-electron chi connectivity index (χ0n) is 16.0. The number of benzene rings is 3. The van der Waals surface area contributed by atoms with Crippen molar-refractivity contribution in [3.05, 3.63) is 107 Å². The van der Waals surface area contributed by atoms with Crippen molar-refractivity contribution in [3.8, 4) is 5.75 Å². The van der Waals surface area contributed by atoms with E-state index in [1.54, 1.807) is 13.0 Å². The van der Waals surface area contributed by atoms with Crippen LogP contribution in [0, 0.1) is 0 Å². The lowest BCUT2D eigenvalue weighted by molar-refractivity contribution is -0.137. The summed E-state index contributed by atoms with van der Waals surface area (Å²) in [7, 11) is 0. The third kappa shape index (κ3) is 5.85. The molecule has 142 valence electrons. The molecule has 3 aromatic rings. The molecule has 0 saturated carbocycles. The molecule has 0 aliphatic rings. The zero-order chi connectivity index (χ0) is 19.6. The van der Waals surface area contributed by atoms with Crippen molar-refractivity contribution in [2.75, 3.05) is 6.61 Å². The molecule has 0 heterocycles. The molecule has 3 heteroatoms. The number of hydrogen-bond donors (Lipinski definition) is 0. The molecule has 28 heavy (non-hydrogen) atoms. The molecule has 3 rings (SSSR count). The van der Waals surface area contributed by atoms with E-state index in [4.69, 9.17) is 9.47 Å². The third-order valence-corrected chi connectivity index (χ3v) is 4.28. The van der Waals surface area contributed by atoms with E-state index in [0.29, 0.717) is 13.2 Å². The highest BCUT2D eigenvalue weighted by Crippen LogP contribution is 2.23. The molecule has 0 aliphatic heterocycles. The lowest BCUT2D eigenvalue weighted by Crippen LogP contribution is -1.99. The first-order chi connectivity index (χ1) is 13.7. The smallest absolute Gasteiger partial charge is 0.330 e. The normalized spacial score (nSPS) is 10.8. The molecule has 0 saturated heterocycles. The SMILES string of the molecule is CCOC(=O)/C=C/c1ccc(Cc2ccccc2OCc2ccccc2)cc1. The Morgan fingerprint density at radius 1 is 0.857 bits per heavy atom. The largest absolute Gasteiger partial charge is 0.489 e. The van der Waals surface area contributed by atoms with Gasteiger partial charge < -0.3 is 9.47 Å². The molecule has 0 amide bonds. The molecule has 0 fully saturated rings. The maximum absolute atomic E-state index is 11.4. The number of para-hydroxylation sites is 1. The summed E-state index contributed by atoms with van der Waals surface area (Å²) in [4.78, 5) is 11.4. The van der Waals surface area contributed by atoms with Crippen LogP contribution < -0.4 is 4.74 Å². The summed E-state index contributed by atoms with van der Waals surface area (Å²) in [6.45, 7) is 2.73. The van der Waals surface area contributed by atoms with Crippen LogP contribution in [-0.2, 0) is 22.6 Å². The van der Waals surface area contributed by atoms with Crippen LogP contribution in [0.5, 0.6) is 5.75 Å². The van der Waals surface area contributed by atoms with Gasteiger partial charge >= 0.3 is 5.97 Å². The fourth-order valence-corrected chi connectivity index (χ4v) is 2.85.